The number of aromatic nitrogens is 1. The highest BCUT2D eigenvalue weighted by molar-refractivity contribution is 5.78. The largest absolute Gasteiger partial charge is 0.335 e. The van der Waals surface area contributed by atoms with Gasteiger partial charge in [-0.3, -0.25) is 9.78 Å². The van der Waals surface area contributed by atoms with Crippen LogP contribution in [0.3, 0.4) is 0 Å². The third-order valence-electron chi connectivity index (χ3n) is 4.46. The summed E-state index contributed by atoms with van der Waals surface area (Å²) in [6.45, 7) is 13.5. The molecule has 0 atom stereocenters. The molecule has 4 nitrogen and oxygen atoms in total. The number of rotatable bonds is 4. The molecule has 1 amide bonds. The Bertz CT molecular complexity index is 521. The third kappa shape index (κ3) is 4.77. The first kappa shape index (κ1) is 17.9. The van der Waals surface area contributed by atoms with Gasteiger partial charge in [0, 0.05) is 42.0 Å². The average Bonchev–Trinajstić information content (AvgIpc) is 2.41. The number of amides is 1. The van der Waals surface area contributed by atoms with Crippen LogP contribution in [0.25, 0.3) is 0 Å². The van der Waals surface area contributed by atoms with Crippen molar-refractivity contribution in [2.75, 3.05) is 0 Å². The van der Waals surface area contributed by atoms with Crippen LogP contribution in [0.4, 0.5) is 0 Å². The van der Waals surface area contributed by atoms with Gasteiger partial charge in [-0.05, 0) is 52.2 Å². The number of piperidine rings is 1. The quantitative estimate of drug-likeness (QED) is 0.926. The zero-order valence-electron chi connectivity index (χ0n) is 15.4. The second-order valence-electron chi connectivity index (χ2n) is 8.44. The van der Waals surface area contributed by atoms with Crippen molar-refractivity contribution in [3.05, 3.63) is 30.1 Å². The Morgan fingerprint density at radius 3 is 2.39 bits per heavy atom. The van der Waals surface area contributed by atoms with Crippen LogP contribution in [0, 0.1) is 5.92 Å². The maximum atomic E-state index is 12.9. The molecule has 0 bridgehead atoms. The molecule has 128 valence electrons. The molecule has 1 saturated heterocycles. The highest BCUT2D eigenvalue weighted by Crippen LogP contribution is 2.32. The summed E-state index contributed by atoms with van der Waals surface area (Å²) in [5, 5.41) is 3.70. The number of hydrogen-bond donors (Lipinski definition) is 1. The van der Waals surface area contributed by atoms with Crippen molar-refractivity contribution in [3.8, 4) is 0 Å². The van der Waals surface area contributed by atoms with Crippen LogP contribution in [0.2, 0.25) is 0 Å². The summed E-state index contributed by atoms with van der Waals surface area (Å²) in [4.78, 5) is 19.1. The summed E-state index contributed by atoms with van der Waals surface area (Å²) in [6, 6.07) is 4.23. The van der Waals surface area contributed by atoms with Crippen LogP contribution in [0.1, 0.15) is 59.9 Å². The van der Waals surface area contributed by atoms with Crippen LogP contribution >= 0.6 is 0 Å². The number of carbonyl (C=O) groups excluding carboxylic acids is 1. The Morgan fingerprint density at radius 2 is 1.91 bits per heavy atom. The highest BCUT2D eigenvalue weighted by atomic mass is 16.2. The number of pyridine rings is 1. The predicted octanol–water partition coefficient (Wildman–Crippen LogP) is 3.38. The minimum Gasteiger partial charge on any atom is -0.335 e. The molecule has 1 aliphatic heterocycles. The fourth-order valence-electron chi connectivity index (χ4n) is 3.90. The monoisotopic (exact) mass is 317 g/mol. The van der Waals surface area contributed by atoms with Crippen LogP contribution in [0.5, 0.6) is 0 Å². The zero-order valence-corrected chi connectivity index (χ0v) is 15.4. The number of nitrogens with zero attached hydrogens (tertiary/aromatic N) is 2. The summed E-state index contributed by atoms with van der Waals surface area (Å²) < 4.78 is 0. The molecule has 0 aromatic carbocycles. The van der Waals surface area contributed by atoms with Gasteiger partial charge in [0.2, 0.25) is 5.91 Å². The Morgan fingerprint density at radius 1 is 1.30 bits per heavy atom. The van der Waals surface area contributed by atoms with Gasteiger partial charge >= 0.3 is 0 Å². The maximum absolute atomic E-state index is 12.9. The SMILES string of the molecule is CC(C)C(=O)N(Cc1cccnc1)C1CC(C)(C)NC(C)(C)C1. The molecule has 1 aromatic rings. The van der Waals surface area contributed by atoms with Gasteiger partial charge in [0.1, 0.15) is 0 Å². The zero-order chi connectivity index (χ0) is 17.3. The van der Waals surface area contributed by atoms with Crippen molar-refractivity contribution >= 4 is 5.91 Å². The van der Waals surface area contributed by atoms with Crippen LogP contribution in [-0.4, -0.2) is 32.9 Å². The number of carbonyl (C=O) groups is 1. The van der Waals surface area contributed by atoms with E-state index in [-0.39, 0.29) is 28.9 Å². The minimum absolute atomic E-state index is 0.00721. The first-order valence-electron chi connectivity index (χ1n) is 8.58. The molecule has 1 N–H and O–H groups in total. The van der Waals surface area contributed by atoms with Crippen molar-refractivity contribution in [3.63, 3.8) is 0 Å². The van der Waals surface area contributed by atoms with Gasteiger partial charge in [-0.15, -0.1) is 0 Å². The first-order chi connectivity index (χ1) is 10.6. The Hall–Kier alpha value is -1.42. The molecule has 1 fully saturated rings. The topological polar surface area (TPSA) is 45.2 Å². The van der Waals surface area contributed by atoms with E-state index in [4.69, 9.17) is 0 Å². The standard InChI is InChI=1S/C19H31N3O/c1-14(2)17(23)22(13-15-8-7-9-20-12-15)16-10-18(3,4)21-19(5,6)11-16/h7-9,12,14,16,21H,10-11,13H2,1-6H3. The van der Waals surface area contributed by atoms with Gasteiger partial charge in [0.25, 0.3) is 0 Å². The molecule has 0 spiro atoms. The second kappa shape index (κ2) is 6.60. The van der Waals surface area contributed by atoms with Gasteiger partial charge in [0.05, 0.1) is 0 Å². The summed E-state index contributed by atoms with van der Waals surface area (Å²) in [7, 11) is 0. The van der Waals surface area contributed by atoms with Crippen LogP contribution in [0.15, 0.2) is 24.5 Å². The van der Waals surface area contributed by atoms with Gasteiger partial charge < -0.3 is 10.2 Å². The van der Waals surface area contributed by atoms with E-state index in [9.17, 15) is 4.79 Å². The fraction of sp³-hybridized carbons (Fsp3) is 0.684. The average molecular weight is 317 g/mol. The lowest BCUT2D eigenvalue weighted by Gasteiger charge is -2.50. The van der Waals surface area contributed by atoms with Gasteiger partial charge in [-0.25, -0.2) is 0 Å². The van der Waals surface area contributed by atoms with E-state index in [1.54, 1.807) is 6.20 Å². The molecule has 0 aliphatic carbocycles. The predicted molar refractivity (Wildman–Crippen MR) is 93.9 cm³/mol. The molecular weight excluding hydrogens is 286 g/mol. The summed E-state index contributed by atoms with van der Waals surface area (Å²) in [5.74, 6) is 0.236. The van der Waals surface area contributed by atoms with E-state index < -0.39 is 0 Å². The molecule has 0 radical (unpaired) electrons. The Kier molecular flexibility index (Phi) is 5.14. The molecular formula is C19H31N3O. The Balaban J connectivity index is 2.27. The van der Waals surface area contributed by atoms with Crippen molar-refractivity contribution in [2.45, 2.75) is 78.0 Å². The van der Waals surface area contributed by atoms with Crippen LogP contribution in [-0.2, 0) is 11.3 Å². The minimum atomic E-state index is 0.00721. The Labute approximate surface area is 140 Å². The van der Waals surface area contributed by atoms with Gasteiger partial charge in [0.15, 0.2) is 0 Å². The molecule has 1 aromatic heterocycles. The third-order valence-corrected chi connectivity index (χ3v) is 4.46. The lowest BCUT2D eigenvalue weighted by atomic mass is 9.78. The normalized spacial score (nSPS) is 20.5. The number of nitrogens with one attached hydrogen (secondary N) is 1. The fourth-order valence-corrected chi connectivity index (χ4v) is 3.90. The van der Waals surface area contributed by atoms with Crippen molar-refractivity contribution in [1.82, 2.24) is 15.2 Å². The lowest BCUT2D eigenvalue weighted by molar-refractivity contribution is -0.139. The van der Waals surface area contributed by atoms with Gasteiger partial charge in [-0.1, -0.05) is 19.9 Å². The molecule has 2 rings (SSSR count). The van der Waals surface area contributed by atoms with E-state index >= 15 is 0 Å². The van der Waals surface area contributed by atoms with Crippen molar-refractivity contribution in [2.24, 2.45) is 5.92 Å². The maximum Gasteiger partial charge on any atom is 0.225 e. The van der Waals surface area contributed by atoms with Crippen molar-refractivity contribution in [1.29, 1.82) is 0 Å². The first-order valence-corrected chi connectivity index (χ1v) is 8.58. The van der Waals surface area contributed by atoms with E-state index in [1.165, 1.54) is 0 Å². The molecule has 23 heavy (non-hydrogen) atoms. The van der Waals surface area contributed by atoms with Crippen molar-refractivity contribution < 1.29 is 4.79 Å². The summed E-state index contributed by atoms with van der Waals surface area (Å²) in [5.41, 5.74) is 1.14. The van der Waals surface area contributed by atoms with E-state index in [0.717, 1.165) is 18.4 Å². The lowest BCUT2D eigenvalue weighted by Crippen LogP contribution is -2.63. The van der Waals surface area contributed by atoms with E-state index in [0.29, 0.717) is 6.54 Å². The molecule has 0 saturated carbocycles. The van der Waals surface area contributed by atoms with E-state index in [2.05, 4.69) is 42.9 Å². The second-order valence-corrected chi connectivity index (χ2v) is 8.44. The van der Waals surface area contributed by atoms with Gasteiger partial charge in [-0.2, -0.15) is 0 Å². The van der Waals surface area contributed by atoms with Crippen LogP contribution < -0.4 is 5.32 Å². The highest BCUT2D eigenvalue weighted by Gasteiger charge is 2.41. The molecule has 1 aliphatic rings. The molecule has 0 unspecified atom stereocenters. The summed E-state index contributed by atoms with van der Waals surface area (Å²) in [6.07, 6.45) is 5.57. The summed E-state index contributed by atoms with van der Waals surface area (Å²) >= 11 is 0. The molecule has 4 heteroatoms. The smallest absolute Gasteiger partial charge is 0.225 e. The molecule has 2 heterocycles. The van der Waals surface area contributed by atoms with E-state index in [1.807, 2.05) is 32.2 Å². The number of hydrogen-bond acceptors (Lipinski definition) is 3.